The Morgan fingerprint density at radius 2 is 1.95 bits per heavy atom. The normalized spacial score (nSPS) is 31.5. The second-order valence-electron chi connectivity index (χ2n) is 6.35. The van der Waals surface area contributed by atoms with E-state index in [9.17, 15) is 0 Å². The first kappa shape index (κ1) is 14.2. The third-order valence-corrected chi connectivity index (χ3v) is 6.41. The number of halogens is 1. The number of hydrogen-bond acceptors (Lipinski definition) is 2. The monoisotopic (exact) mass is 338 g/mol. The van der Waals surface area contributed by atoms with Crippen molar-refractivity contribution < 1.29 is 9.47 Å². The predicted octanol–water partition coefficient (Wildman–Crippen LogP) is 4.67. The molecule has 2 nitrogen and oxygen atoms in total. The fourth-order valence-electron chi connectivity index (χ4n) is 4.14. The van der Waals surface area contributed by atoms with Gasteiger partial charge in [-0.15, -0.1) is 0 Å². The topological polar surface area (TPSA) is 18.5 Å². The molecule has 1 aromatic carbocycles. The van der Waals surface area contributed by atoms with E-state index in [1.54, 1.807) is 7.11 Å². The number of benzene rings is 1. The maximum Gasteiger partial charge on any atom is 0.119 e. The van der Waals surface area contributed by atoms with E-state index in [1.807, 2.05) is 24.3 Å². The second-order valence-corrected chi connectivity index (χ2v) is 6.91. The van der Waals surface area contributed by atoms with Gasteiger partial charge in [-0.25, -0.2) is 0 Å². The van der Waals surface area contributed by atoms with Crippen LogP contribution in [-0.2, 0) is 0 Å². The second kappa shape index (κ2) is 5.97. The van der Waals surface area contributed by atoms with E-state index in [0.29, 0.717) is 5.41 Å². The molecule has 0 N–H and O–H groups in total. The molecule has 20 heavy (non-hydrogen) atoms. The number of methoxy groups -OCH3 is 1. The average Bonchev–Trinajstić information content (AvgIpc) is 3.09. The molecule has 0 amide bonds. The van der Waals surface area contributed by atoms with Crippen LogP contribution in [0, 0.1) is 17.3 Å². The maximum atomic E-state index is 5.93. The lowest BCUT2D eigenvalue weighted by Gasteiger charge is -2.36. The van der Waals surface area contributed by atoms with Crippen LogP contribution in [0.15, 0.2) is 24.3 Å². The lowest BCUT2D eigenvalue weighted by Crippen LogP contribution is -2.31. The molecule has 110 valence electrons. The molecule has 3 heteroatoms. The third kappa shape index (κ3) is 2.69. The van der Waals surface area contributed by atoms with Gasteiger partial charge in [-0.05, 0) is 67.2 Å². The van der Waals surface area contributed by atoms with Crippen LogP contribution in [0.5, 0.6) is 11.5 Å². The lowest BCUT2D eigenvalue weighted by atomic mass is 9.72. The number of hydrogen-bond donors (Lipinski definition) is 0. The number of ether oxygens (including phenoxy) is 2. The van der Waals surface area contributed by atoms with Crippen LogP contribution in [0.4, 0.5) is 0 Å². The summed E-state index contributed by atoms with van der Waals surface area (Å²) in [7, 11) is 1.69. The minimum atomic E-state index is 0.495. The van der Waals surface area contributed by atoms with Crippen molar-refractivity contribution in [1.82, 2.24) is 0 Å². The Balaban J connectivity index is 1.53. The van der Waals surface area contributed by atoms with Crippen molar-refractivity contribution in [3.63, 3.8) is 0 Å². The minimum absolute atomic E-state index is 0.495. The molecule has 1 aromatic rings. The highest BCUT2D eigenvalue weighted by Crippen LogP contribution is 2.58. The molecule has 0 aromatic heterocycles. The quantitative estimate of drug-likeness (QED) is 0.702. The van der Waals surface area contributed by atoms with Crippen molar-refractivity contribution >= 4 is 15.9 Å². The van der Waals surface area contributed by atoms with Crippen LogP contribution in [0.1, 0.15) is 32.1 Å². The van der Waals surface area contributed by atoms with Gasteiger partial charge < -0.3 is 9.47 Å². The van der Waals surface area contributed by atoms with Crippen LogP contribution >= 0.6 is 15.9 Å². The van der Waals surface area contributed by atoms with E-state index in [-0.39, 0.29) is 0 Å². The van der Waals surface area contributed by atoms with E-state index in [1.165, 1.54) is 32.1 Å². The van der Waals surface area contributed by atoms with Gasteiger partial charge in [0, 0.05) is 5.33 Å². The maximum absolute atomic E-state index is 5.93. The summed E-state index contributed by atoms with van der Waals surface area (Å²) < 4.78 is 11.1. The molecular weight excluding hydrogens is 316 g/mol. The zero-order chi connectivity index (χ0) is 14.0. The Kier molecular flexibility index (Phi) is 4.25. The van der Waals surface area contributed by atoms with Crippen molar-refractivity contribution in [2.45, 2.75) is 32.1 Å². The van der Waals surface area contributed by atoms with Crippen LogP contribution in [0.2, 0.25) is 0 Å². The van der Waals surface area contributed by atoms with Crippen molar-refractivity contribution in [2.75, 3.05) is 19.0 Å². The molecule has 3 atom stereocenters. The Morgan fingerprint density at radius 1 is 1.20 bits per heavy atom. The lowest BCUT2D eigenvalue weighted by molar-refractivity contribution is 0.144. The van der Waals surface area contributed by atoms with Gasteiger partial charge in [0.15, 0.2) is 0 Å². The zero-order valence-corrected chi connectivity index (χ0v) is 13.7. The molecule has 0 aliphatic heterocycles. The summed E-state index contributed by atoms with van der Waals surface area (Å²) in [6.45, 7) is 0.821. The van der Waals surface area contributed by atoms with Gasteiger partial charge in [0.05, 0.1) is 13.7 Å². The molecule has 0 spiro atoms. The van der Waals surface area contributed by atoms with Gasteiger partial charge in [-0.3, -0.25) is 0 Å². The Labute approximate surface area is 130 Å². The fourth-order valence-corrected chi connectivity index (χ4v) is 5.11. The van der Waals surface area contributed by atoms with Crippen molar-refractivity contribution in [1.29, 1.82) is 0 Å². The number of rotatable bonds is 6. The first-order valence-corrected chi connectivity index (χ1v) is 8.71. The first-order valence-electron chi connectivity index (χ1n) is 7.58. The van der Waals surface area contributed by atoms with E-state index >= 15 is 0 Å². The minimum Gasteiger partial charge on any atom is -0.497 e. The molecule has 2 aliphatic carbocycles. The van der Waals surface area contributed by atoms with Crippen LogP contribution in [0.25, 0.3) is 0 Å². The van der Waals surface area contributed by atoms with Crippen molar-refractivity contribution in [3.05, 3.63) is 24.3 Å². The van der Waals surface area contributed by atoms with E-state index in [0.717, 1.165) is 35.3 Å². The molecular formula is C17H23BrO2. The van der Waals surface area contributed by atoms with Crippen LogP contribution in [-0.4, -0.2) is 19.0 Å². The molecule has 0 radical (unpaired) electrons. The zero-order valence-electron chi connectivity index (χ0n) is 12.1. The third-order valence-electron chi connectivity index (χ3n) is 5.30. The summed E-state index contributed by atoms with van der Waals surface area (Å²) in [5.74, 6) is 3.73. The van der Waals surface area contributed by atoms with Gasteiger partial charge in [0.1, 0.15) is 11.5 Å². The summed E-state index contributed by atoms with van der Waals surface area (Å²) in [4.78, 5) is 0. The molecule has 0 heterocycles. The molecule has 2 aliphatic rings. The van der Waals surface area contributed by atoms with E-state index in [2.05, 4.69) is 15.9 Å². The highest BCUT2D eigenvalue weighted by atomic mass is 79.9. The SMILES string of the molecule is COc1ccc(OCCC2(CBr)CC3CCC2C3)cc1. The van der Waals surface area contributed by atoms with E-state index < -0.39 is 0 Å². The van der Waals surface area contributed by atoms with Crippen LogP contribution in [0.3, 0.4) is 0 Å². The summed E-state index contributed by atoms with van der Waals surface area (Å²) in [6.07, 6.45) is 6.91. The van der Waals surface area contributed by atoms with Gasteiger partial charge in [-0.2, -0.15) is 0 Å². The summed E-state index contributed by atoms with van der Waals surface area (Å²) in [5, 5.41) is 1.13. The molecule has 3 rings (SSSR count). The Hall–Kier alpha value is -0.700. The highest BCUT2D eigenvalue weighted by Gasteiger charge is 2.49. The Morgan fingerprint density at radius 3 is 2.50 bits per heavy atom. The molecule has 2 saturated carbocycles. The van der Waals surface area contributed by atoms with E-state index in [4.69, 9.17) is 9.47 Å². The van der Waals surface area contributed by atoms with Gasteiger partial charge in [0.2, 0.25) is 0 Å². The predicted molar refractivity (Wildman–Crippen MR) is 84.8 cm³/mol. The van der Waals surface area contributed by atoms with Crippen molar-refractivity contribution in [2.24, 2.45) is 17.3 Å². The van der Waals surface area contributed by atoms with Crippen molar-refractivity contribution in [3.8, 4) is 11.5 Å². The first-order chi connectivity index (χ1) is 9.75. The number of alkyl halides is 1. The summed E-state index contributed by atoms with van der Waals surface area (Å²) in [5.41, 5.74) is 0.495. The summed E-state index contributed by atoms with van der Waals surface area (Å²) in [6, 6.07) is 7.88. The fraction of sp³-hybridized carbons (Fsp3) is 0.647. The standard InChI is InChI=1S/C17H23BrO2/c1-19-15-4-6-16(7-5-15)20-9-8-17(12-18)11-13-2-3-14(17)10-13/h4-7,13-14H,2-3,8-12H2,1H3. The molecule has 3 unspecified atom stereocenters. The smallest absolute Gasteiger partial charge is 0.119 e. The molecule has 0 saturated heterocycles. The highest BCUT2D eigenvalue weighted by molar-refractivity contribution is 9.09. The average molecular weight is 339 g/mol. The number of fused-ring (bicyclic) bond motifs is 2. The molecule has 2 fully saturated rings. The Bertz CT molecular complexity index is 445. The summed E-state index contributed by atoms with van der Waals surface area (Å²) >= 11 is 3.77. The molecule has 2 bridgehead atoms. The van der Waals surface area contributed by atoms with Gasteiger partial charge >= 0.3 is 0 Å². The van der Waals surface area contributed by atoms with Gasteiger partial charge in [-0.1, -0.05) is 22.4 Å². The van der Waals surface area contributed by atoms with Crippen LogP contribution < -0.4 is 9.47 Å². The van der Waals surface area contributed by atoms with Gasteiger partial charge in [0.25, 0.3) is 0 Å². The largest absolute Gasteiger partial charge is 0.497 e.